The second kappa shape index (κ2) is 8.30. The Hall–Kier alpha value is -2.14. The smallest absolute Gasteiger partial charge is 0.220 e. The molecule has 1 aliphatic rings. The number of hydrogen-bond acceptors (Lipinski definition) is 4. The zero-order chi connectivity index (χ0) is 17.6. The molecule has 2 atom stereocenters. The predicted molar refractivity (Wildman–Crippen MR) is 97.9 cm³/mol. The number of rotatable bonds is 6. The number of amides is 1. The van der Waals surface area contributed by atoms with Gasteiger partial charge in [-0.05, 0) is 32.2 Å². The molecule has 1 heterocycles. The average molecular weight is 341 g/mol. The van der Waals surface area contributed by atoms with E-state index in [2.05, 4.69) is 10.3 Å². The Kier molecular flexibility index (Phi) is 5.87. The number of carbonyl (C=O) groups is 1. The van der Waals surface area contributed by atoms with Crippen LogP contribution in [-0.4, -0.2) is 23.5 Å². The van der Waals surface area contributed by atoms with Crippen LogP contribution in [-0.2, 0) is 11.2 Å². The lowest BCUT2D eigenvalue weighted by atomic mass is 9.84. The minimum absolute atomic E-state index is 0.0578. The van der Waals surface area contributed by atoms with E-state index in [0.717, 1.165) is 29.9 Å². The summed E-state index contributed by atoms with van der Waals surface area (Å²) in [7, 11) is 0. The van der Waals surface area contributed by atoms with Crippen molar-refractivity contribution in [2.24, 2.45) is 11.7 Å². The molecule has 3 rings (SSSR count). The second-order valence-corrected chi connectivity index (χ2v) is 6.84. The number of carbonyl (C=O) groups excluding carboxylic acids is 1. The van der Waals surface area contributed by atoms with Gasteiger partial charge in [-0.15, -0.1) is 0 Å². The number of aromatic nitrogens is 1. The van der Waals surface area contributed by atoms with Gasteiger partial charge in [-0.2, -0.15) is 0 Å². The van der Waals surface area contributed by atoms with Gasteiger partial charge in [0.05, 0.1) is 5.69 Å². The molecule has 1 aromatic heterocycles. The molecule has 1 fully saturated rings. The van der Waals surface area contributed by atoms with Crippen LogP contribution >= 0.6 is 0 Å². The Balaban J connectivity index is 1.56. The van der Waals surface area contributed by atoms with Gasteiger partial charge >= 0.3 is 0 Å². The van der Waals surface area contributed by atoms with Gasteiger partial charge in [0, 0.05) is 24.4 Å². The third-order valence-corrected chi connectivity index (χ3v) is 5.00. The van der Waals surface area contributed by atoms with Crippen molar-refractivity contribution in [1.29, 1.82) is 0 Å². The molecule has 0 radical (unpaired) electrons. The monoisotopic (exact) mass is 341 g/mol. The molecule has 0 aliphatic heterocycles. The van der Waals surface area contributed by atoms with Gasteiger partial charge in [0.2, 0.25) is 5.91 Å². The van der Waals surface area contributed by atoms with E-state index in [1.165, 1.54) is 12.8 Å². The summed E-state index contributed by atoms with van der Waals surface area (Å²) in [4.78, 5) is 16.8. The van der Waals surface area contributed by atoms with Gasteiger partial charge < -0.3 is 15.5 Å². The van der Waals surface area contributed by atoms with Crippen molar-refractivity contribution in [3.63, 3.8) is 0 Å². The van der Waals surface area contributed by atoms with Gasteiger partial charge in [-0.25, -0.2) is 4.98 Å². The molecule has 5 nitrogen and oxygen atoms in total. The summed E-state index contributed by atoms with van der Waals surface area (Å²) >= 11 is 0. The van der Waals surface area contributed by atoms with Crippen LogP contribution in [0.5, 0.6) is 0 Å². The summed E-state index contributed by atoms with van der Waals surface area (Å²) in [5, 5.41) is 3.15. The number of nitrogens with zero attached hydrogens (tertiary/aromatic N) is 1. The topological polar surface area (TPSA) is 81.2 Å². The summed E-state index contributed by atoms with van der Waals surface area (Å²) in [6, 6.07) is 10.1. The lowest BCUT2D eigenvalue weighted by Crippen LogP contribution is -2.44. The van der Waals surface area contributed by atoms with Crippen LogP contribution in [0.1, 0.15) is 43.7 Å². The summed E-state index contributed by atoms with van der Waals surface area (Å²) in [5.41, 5.74) is 7.70. The molecule has 0 spiro atoms. The first-order chi connectivity index (χ1) is 12.2. The Morgan fingerprint density at radius 3 is 2.80 bits per heavy atom. The Bertz CT molecular complexity index is 696. The minimum Gasteiger partial charge on any atom is -0.440 e. The first-order valence-electron chi connectivity index (χ1n) is 9.18. The first kappa shape index (κ1) is 17.7. The number of oxazole rings is 1. The van der Waals surface area contributed by atoms with Gasteiger partial charge in [-0.3, -0.25) is 4.79 Å². The molecule has 25 heavy (non-hydrogen) atoms. The maximum absolute atomic E-state index is 12.3. The number of nitrogens with one attached hydrogen (secondary N) is 1. The van der Waals surface area contributed by atoms with Gasteiger partial charge in [0.25, 0.3) is 0 Å². The number of benzene rings is 1. The minimum atomic E-state index is 0.0578. The molecular weight excluding hydrogens is 314 g/mol. The lowest BCUT2D eigenvalue weighted by Gasteiger charge is -2.31. The summed E-state index contributed by atoms with van der Waals surface area (Å²) in [5.74, 6) is 1.87. The second-order valence-electron chi connectivity index (χ2n) is 6.84. The van der Waals surface area contributed by atoms with E-state index in [0.29, 0.717) is 31.2 Å². The molecule has 1 saturated carbocycles. The maximum atomic E-state index is 12.3. The van der Waals surface area contributed by atoms with E-state index in [1.54, 1.807) is 0 Å². The van der Waals surface area contributed by atoms with Crippen molar-refractivity contribution in [3.8, 4) is 11.3 Å². The first-order valence-corrected chi connectivity index (χ1v) is 9.18. The van der Waals surface area contributed by atoms with Crippen molar-refractivity contribution in [3.05, 3.63) is 41.9 Å². The summed E-state index contributed by atoms with van der Waals surface area (Å²) in [6.45, 7) is 2.58. The normalized spacial score (nSPS) is 20.4. The van der Waals surface area contributed by atoms with E-state index in [1.807, 2.05) is 37.3 Å². The molecule has 1 amide bonds. The molecule has 5 heteroatoms. The quantitative estimate of drug-likeness (QED) is 0.845. The molecule has 1 aromatic carbocycles. The third-order valence-electron chi connectivity index (χ3n) is 5.00. The van der Waals surface area contributed by atoms with Crippen molar-refractivity contribution >= 4 is 5.91 Å². The Morgan fingerprint density at radius 1 is 1.28 bits per heavy atom. The highest BCUT2D eigenvalue weighted by molar-refractivity contribution is 5.76. The standard InChI is InChI=1S/C20H27N3O2/c1-14-20(15-7-3-2-4-8-15)25-19(22-14)12-11-18(24)23-17-10-6-5-9-16(17)13-21/h2-4,7-8,16-17H,5-6,9-13,21H2,1H3,(H,23,24). The number of hydrogen-bond donors (Lipinski definition) is 2. The molecular formula is C20H27N3O2. The largest absolute Gasteiger partial charge is 0.440 e. The van der Waals surface area contributed by atoms with E-state index < -0.39 is 0 Å². The molecule has 2 aromatic rings. The summed E-state index contributed by atoms with van der Waals surface area (Å²) < 4.78 is 5.87. The third kappa shape index (κ3) is 4.48. The molecule has 0 bridgehead atoms. The van der Waals surface area contributed by atoms with Crippen LogP contribution in [0.4, 0.5) is 0 Å². The molecule has 2 unspecified atom stereocenters. The highest BCUT2D eigenvalue weighted by atomic mass is 16.4. The summed E-state index contributed by atoms with van der Waals surface area (Å²) in [6.07, 6.45) is 5.43. The Morgan fingerprint density at radius 2 is 2.04 bits per heavy atom. The fourth-order valence-electron chi connectivity index (χ4n) is 3.60. The van der Waals surface area contributed by atoms with Crippen molar-refractivity contribution in [2.75, 3.05) is 6.54 Å². The lowest BCUT2D eigenvalue weighted by molar-refractivity contribution is -0.122. The van der Waals surface area contributed by atoms with Crippen LogP contribution in [0.25, 0.3) is 11.3 Å². The fourth-order valence-corrected chi connectivity index (χ4v) is 3.60. The van der Waals surface area contributed by atoms with Crippen molar-refractivity contribution in [1.82, 2.24) is 10.3 Å². The van der Waals surface area contributed by atoms with Gasteiger partial charge in [0.1, 0.15) is 0 Å². The van der Waals surface area contributed by atoms with E-state index >= 15 is 0 Å². The van der Waals surface area contributed by atoms with Crippen LogP contribution in [0.2, 0.25) is 0 Å². The number of nitrogens with two attached hydrogens (primary N) is 1. The molecule has 3 N–H and O–H groups in total. The highest BCUT2D eigenvalue weighted by Gasteiger charge is 2.25. The molecule has 134 valence electrons. The SMILES string of the molecule is Cc1nc(CCC(=O)NC2CCCCC2CN)oc1-c1ccccc1. The Labute approximate surface area is 149 Å². The number of aryl methyl sites for hydroxylation is 2. The predicted octanol–water partition coefficient (Wildman–Crippen LogP) is 3.22. The van der Waals surface area contributed by atoms with Gasteiger partial charge in [0.15, 0.2) is 11.7 Å². The van der Waals surface area contributed by atoms with Crippen molar-refractivity contribution < 1.29 is 9.21 Å². The fraction of sp³-hybridized carbons (Fsp3) is 0.500. The zero-order valence-electron chi connectivity index (χ0n) is 14.8. The van der Waals surface area contributed by atoms with Gasteiger partial charge in [-0.1, -0.05) is 43.2 Å². The van der Waals surface area contributed by atoms with Crippen LogP contribution in [0.3, 0.4) is 0 Å². The maximum Gasteiger partial charge on any atom is 0.220 e. The van der Waals surface area contributed by atoms with Crippen LogP contribution in [0, 0.1) is 12.8 Å². The average Bonchev–Trinajstić information content (AvgIpc) is 3.02. The molecule has 0 saturated heterocycles. The van der Waals surface area contributed by atoms with E-state index in [4.69, 9.17) is 10.2 Å². The van der Waals surface area contributed by atoms with E-state index in [9.17, 15) is 4.79 Å². The zero-order valence-corrected chi connectivity index (χ0v) is 14.8. The van der Waals surface area contributed by atoms with E-state index in [-0.39, 0.29) is 11.9 Å². The van der Waals surface area contributed by atoms with Crippen LogP contribution in [0.15, 0.2) is 34.7 Å². The van der Waals surface area contributed by atoms with Crippen molar-refractivity contribution in [2.45, 2.75) is 51.5 Å². The van der Waals surface area contributed by atoms with Crippen LogP contribution < -0.4 is 11.1 Å². The molecule has 1 aliphatic carbocycles. The highest BCUT2D eigenvalue weighted by Crippen LogP contribution is 2.25.